The summed E-state index contributed by atoms with van der Waals surface area (Å²) in [4.78, 5) is 20.4. The van der Waals surface area contributed by atoms with Crippen LogP contribution in [0.1, 0.15) is 0 Å². The third-order valence-electron chi connectivity index (χ3n) is 2.32. The lowest BCUT2D eigenvalue weighted by Crippen LogP contribution is -2.64. The van der Waals surface area contributed by atoms with Crippen LogP contribution < -0.4 is 5.32 Å². The Kier molecular flexibility index (Phi) is 3.98. The van der Waals surface area contributed by atoms with Crippen LogP contribution >= 0.6 is 0 Å². The Balaban J connectivity index is 0.000000167. The molecule has 0 atom stereocenters. The Bertz CT molecular complexity index is 239. The van der Waals surface area contributed by atoms with Gasteiger partial charge in [0, 0.05) is 32.2 Å². The minimum absolute atomic E-state index is 0.536. The molecular formula is C8H13FN2O4. The van der Waals surface area contributed by atoms with E-state index in [9.17, 15) is 4.39 Å². The number of halogens is 1. The van der Waals surface area contributed by atoms with Gasteiger partial charge in [0.2, 0.25) is 0 Å². The van der Waals surface area contributed by atoms with Crippen LogP contribution in [-0.2, 0) is 9.59 Å². The molecule has 0 amide bonds. The summed E-state index contributed by atoms with van der Waals surface area (Å²) >= 11 is 0. The molecule has 86 valence electrons. The van der Waals surface area contributed by atoms with Crippen LogP contribution in [0.15, 0.2) is 0 Å². The molecule has 2 fully saturated rings. The molecule has 0 aliphatic carbocycles. The van der Waals surface area contributed by atoms with E-state index in [1.807, 2.05) is 0 Å². The summed E-state index contributed by atoms with van der Waals surface area (Å²) in [5.41, 5.74) is 0. The summed E-state index contributed by atoms with van der Waals surface area (Å²) in [6.07, 6.45) is -0.536. The molecule has 2 aliphatic rings. The van der Waals surface area contributed by atoms with Crippen molar-refractivity contribution in [3.05, 3.63) is 0 Å². The maximum Gasteiger partial charge on any atom is 0.414 e. The highest BCUT2D eigenvalue weighted by molar-refractivity contribution is 6.27. The van der Waals surface area contributed by atoms with Crippen molar-refractivity contribution in [2.24, 2.45) is 0 Å². The minimum atomic E-state index is -1.82. The van der Waals surface area contributed by atoms with Crippen LogP contribution in [0.2, 0.25) is 0 Å². The molecular weight excluding hydrogens is 207 g/mol. The van der Waals surface area contributed by atoms with Gasteiger partial charge in [0.25, 0.3) is 0 Å². The van der Waals surface area contributed by atoms with Crippen molar-refractivity contribution in [3.63, 3.8) is 0 Å². The third kappa shape index (κ3) is 3.45. The lowest BCUT2D eigenvalue weighted by atomic mass is 10.0. The van der Waals surface area contributed by atoms with Gasteiger partial charge < -0.3 is 15.5 Å². The first-order valence-electron chi connectivity index (χ1n) is 4.55. The number of hydrogen-bond acceptors (Lipinski definition) is 4. The Morgan fingerprint density at radius 3 is 1.87 bits per heavy atom. The number of rotatable bonds is 1. The van der Waals surface area contributed by atoms with Gasteiger partial charge >= 0.3 is 11.9 Å². The summed E-state index contributed by atoms with van der Waals surface area (Å²) < 4.78 is 12.2. The van der Waals surface area contributed by atoms with E-state index in [1.165, 1.54) is 0 Å². The van der Waals surface area contributed by atoms with Gasteiger partial charge in [0.05, 0.1) is 0 Å². The zero-order valence-electron chi connectivity index (χ0n) is 8.02. The van der Waals surface area contributed by atoms with Crippen molar-refractivity contribution in [3.8, 4) is 0 Å². The third-order valence-corrected chi connectivity index (χ3v) is 2.32. The maximum absolute atomic E-state index is 12.2. The minimum Gasteiger partial charge on any atom is -0.473 e. The summed E-state index contributed by atoms with van der Waals surface area (Å²) in [7, 11) is 0. The maximum atomic E-state index is 12.2. The van der Waals surface area contributed by atoms with E-state index in [0.717, 1.165) is 13.1 Å². The topological polar surface area (TPSA) is 89.9 Å². The number of carboxylic acid groups (broad SMARTS) is 2. The van der Waals surface area contributed by atoms with Crippen LogP contribution in [-0.4, -0.2) is 65.4 Å². The SMILES string of the molecule is FC1CN(C2CNC2)C1.O=C(O)C(=O)O. The molecule has 0 saturated carbocycles. The summed E-state index contributed by atoms with van der Waals surface area (Å²) in [5.74, 6) is -3.65. The molecule has 15 heavy (non-hydrogen) atoms. The Hall–Kier alpha value is -1.21. The molecule has 0 radical (unpaired) electrons. The van der Waals surface area contributed by atoms with Crippen LogP contribution in [0.3, 0.4) is 0 Å². The Morgan fingerprint density at radius 1 is 1.20 bits per heavy atom. The lowest BCUT2D eigenvalue weighted by molar-refractivity contribution is -0.159. The smallest absolute Gasteiger partial charge is 0.414 e. The molecule has 0 bridgehead atoms. The quantitative estimate of drug-likeness (QED) is 0.479. The van der Waals surface area contributed by atoms with E-state index >= 15 is 0 Å². The monoisotopic (exact) mass is 220 g/mol. The number of carbonyl (C=O) groups is 2. The average Bonchev–Trinajstić information content (AvgIpc) is 1.99. The summed E-state index contributed by atoms with van der Waals surface area (Å²) in [5, 5.41) is 17.9. The predicted octanol–water partition coefficient (Wildman–Crippen LogP) is -1.23. The highest BCUT2D eigenvalue weighted by atomic mass is 19.1. The van der Waals surface area contributed by atoms with E-state index in [2.05, 4.69) is 10.2 Å². The van der Waals surface area contributed by atoms with Gasteiger partial charge in [-0.25, -0.2) is 14.0 Å². The van der Waals surface area contributed by atoms with Gasteiger partial charge in [-0.1, -0.05) is 0 Å². The van der Waals surface area contributed by atoms with Crippen molar-refractivity contribution in [2.75, 3.05) is 26.2 Å². The van der Waals surface area contributed by atoms with E-state index in [4.69, 9.17) is 19.8 Å². The van der Waals surface area contributed by atoms with E-state index in [-0.39, 0.29) is 0 Å². The van der Waals surface area contributed by atoms with Gasteiger partial charge in [-0.05, 0) is 0 Å². The fourth-order valence-electron chi connectivity index (χ4n) is 1.29. The normalized spacial score (nSPS) is 21.9. The lowest BCUT2D eigenvalue weighted by Gasteiger charge is -2.45. The van der Waals surface area contributed by atoms with E-state index in [0.29, 0.717) is 19.1 Å². The number of likely N-dealkylation sites (tertiary alicyclic amines) is 1. The van der Waals surface area contributed by atoms with Crippen molar-refractivity contribution < 1.29 is 24.2 Å². The van der Waals surface area contributed by atoms with Crippen LogP contribution in [0, 0.1) is 0 Å². The molecule has 2 rings (SSSR count). The van der Waals surface area contributed by atoms with Crippen molar-refractivity contribution in [2.45, 2.75) is 12.2 Å². The zero-order chi connectivity index (χ0) is 11.4. The molecule has 0 unspecified atom stereocenters. The van der Waals surface area contributed by atoms with Crippen molar-refractivity contribution >= 4 is 11.9 Å². The van der Waals surface area contributed by atoms with Gasteiger partial charge in [-0.3, -0.25) is 4.90 Å². The largest absolute Gasteiger partial charge is 0.473 e. The molecule has 3 N–H and O–H groups in total. The summed E-state index contributed by atoms with van der Waals surface area (Å²) in [6.45, 7) is 3.47. The van der Waals surface area contributed by atoms with Gasteiger partial charge in [0.15, 0.2) is 0 Å². The number of alkyl halides is 1. The molecule has 0 aromatic carbocycles. The molecule has 0 aromatic rings. The first-order valence-corrected chi connectivity index (χ1v) is 4.55. The Morgan fingerprint density at radius 2 is 1.67 bits per heavy atom. The van der Waals surface area contributed by atoms with Crippen molar-refractivity contribution in [1.29, 1.82) is 0 Å². The van der Waals surface area contributed by atoms with E-state index in [1.54, 1.807) is 0 Å². The molecule has 2 heterocycles. The van der Waals surface area contributed by atoms with Crippen LogP contribution in [0.4, 0.5) is 4.39 Å². The first kappa shape index (κ1) is 11.9. The fourth-order valence-corrected chi connectivity index (χ4v) is 1.29. The number of aliphatic carboxylic acids is 2. The highest BCUT2D eigenvalue weighted by Crippen LogP contribution is 2.16. The zero-order valence-corrected chi connectivity index (χ0v) is 8.02. The van der Waals surface area contributed by atoms with Gasteiger partial charge in [-0.2, -0.15) is 0 Å². The van der Waals surface area contributed by atoms with Gasteiger partial charge in [0.1, 0.15) is 6.17 Å². The average molecular weight is 220 g/mol. The summed E-state index contributed by atoms with van der Waals surface area (Å²) in [6, 6.07) is 0.650. The number of nitrogens with one attached hydrogen (secondary N) is 1. The first-order chi connectivity index (χ1) is 7.00. The second-order valence-electron chi connectivity index (χ2n) is 3.47. The molecule has 6 nitrogen and oxygen atoms in total. The van der Waals surface area contributed by atoms with Gasteiger partial charge in [-0.15, -0.1) is 0 Å². The molecule has 0 spiro atoms. The second-order valence-corrected chi connectivity index (χ2v) is 3.47. The molecule has 2 aliphatic heterocycles. The molecule has 7 heteroatoms. The Labute approximate surface area is 85.7 Å². The molecule has 2 saturated heterocycles. The molecule has 0 aromatic heterocycles. The highest BCUT2D eigenvalue weighted by Gasteiger charge is 2.34. The fraction of sp³-hybridized carbons (Fsp3) is 0.750. The van der Waals surface area contributed by atoms with Crippen LogP contribution in [0.5, 0.6) is 0 Å². The van der Waals surface area contributed by atoms with E-state index < -0.39 is 18.1 Å². The van der Waals surface area contributed by atoms with Crippen LogP contribution in [0.25, 0.3) is 0 Å². The number of nitrogens with zero attached hydrogens (tertiary/aromatic N) is 1. The second kappa shape index (κ2) is 5.04. The predicted molar refractivity (Wildman–Crippen MR) is 48.4 cm³/mol. The number of carboxylic acids is 2. The standard InChI is InChI=1S/C6H11FN2.C2H2O4/c7-5-3-9(4-5)6-1-8-2-6;3-1(4)2(5)6/h5-6,8H,1-4H2;(H,3,4)(H,5,6). The number of hydrogen-bond donors (Lipinski definition) is 3. The van der Waals surface area contributed by atoms with Crippen molar-refractivity contribution in [1.82, 2.24) is 10.2 Å².